The van der Waals surface area contributed by atoms with Crippen LogP contribution in [0.2, 0.25) is 0 Å². The molecule has 2 aliphatic rings. The van der Waals surface area contributed by atoms with Crippen molar-refractivity contribution in [2.24, 2.45) is 22.0 Å². The van der Waals surface area contributed by atoms with Crippen LogP contribution in [0.15, 0.2) is 34.5 Å². The van der Waals surface area contributed by atoms with Crippen molar-refractivity contribution in [3.05, 3.63) is 39.9 Å². The van der Waals surface area contributed by atoms with Gasteiger partial charge < -0.3 is 0 Å². The number of nitrogens with one attached hydrogen (secondary N) is 2. The second-order valence-electron chi connectivity index (χ2n) is 5.79. The molecule has 0 saturated carbocycles. The number of nitrogens with zero attached hydrogens (tertiary/aromatic N) is 3. The highest BCUT2D eigenvalue weighted by molar-refractivity contribution is 6.12. The lowest BCUT2D eigenvalue weighted by Gasteiger charge is -2.26. The van der Waals surface area contributed by atoms with E-state index in [2.05, 4.69) is 21.1 Å². The first-order valence-corrected chi connectivity index (χ1v) is 7.32. The number of nitro benzene ring substituents is 1. The molecule has 1 aromatic rings. The van der Waals surface area contributed by atoms with Gasteiger partial charge >= 0.3 is 0 Å². The first-order chi connectivity index (χ1) is 11.4. The lowest BCUT2D eigenvalue weighted by molar-refractivity contribution is -0.384. The Morgan fingerprint density at radius 1 is 1.08 bits per heavy atom. The average Bonchev–Trinajstić information content (AvgIpc) is 3.05. The zero-order valence-corrected chi connectivity index (χ0v) is 13.0. The van der Waals surface area contributed by atoms with Crippen molar-refractivity contribution >= 4 is 28.9 Å². The Labute approximate surface area is 137 Å². The highest BCUT2D eigenvalue weighted by Crippen LogP contribution is 2.38. The second-order valence-corrected chi connectivity index (χ2v) is 5.79. The minimum absolute atomic E-state index is 0.0986. The molecule has 9 heteroatoms. The summed E-state index contributed by atoms with van der Waals surface area (Å²) in [5.74, 6) is -2.67. The smallest absolute Gasteiger partial charge is 0.269 e. The molecule has 24 heavy (non-hydrogen) atoms. The predicted octanol–water partition coefficient (Wildman–Crippen LogP) is 0.922. The molecule has 3 rings (SSSR count). The van der Waals surface area contributed by atoms with Crippen molar-refractivity contribution in [2.75, 3.05) is 0 Å². The minimum atomic E-state index is -0.689. The predicted molar refractivity (Wildman–Crippen MR) is 85.3 cm³/mol. The summed E-state index contributed by atoms with van der Waals surface area (Å²) in [4.78, 5) is 35.1. The van der Waals surface area contributed by atoms with E-state index in [1.165, 1.54) is 12.1 Å². The maximum absolute atomic E-state index is 12.3. The van der Waals surface area contributed by atoms with E-state index in [1.807, 2.05) is 0 Å². The van der Waals surface area contributed by atoms with Gasteiger partial charge in [0.2, 0.25) is 11.8 Å². The van der Waals surface area contributed by atoms with Crippen molar-refractivity contribution in [2.45, 2.75) is 19.8 Å². The minimum Gasteiger partial charge on any atom is -0.272 e. The molecule has 1 aromatic carbocycles. The first kappa shape index (κ1) is 15.8. The summed E-state index contributed by atoms with van der Waals surface area (Å²) in [7, 11) is 0. The van der Waals surface area contributed by atoms with E-state index in [0.29, 0.717) is 17.0 Å². The molecule has 0 radical (unpaired) electrons. The summed E-state index contributed by atoms with van der Waals surface area (Å²) < 4.78 is 0. The molecular formula is C15H15N5O4. The lowest BCUT2D eigenvalue weighted by atomic mass is 9.73. The molecule has 0 spiro atoms. The fourth-order valence-corrected chi connectivity index (χ4v) is 3.21. The fourth-order valence-electron chi connectivity index (χ4n) is 3.21. The third-order valence-electron chi connectivity index (χ3n) is 4.33. The standard InChI is InChI=1S/C15H15N5O4/c1-7-11(14(21)18-16-7)13(12-8(2)17-19-15(12)22)9-4-3-5-10(6-9)20(23)24/h3-6,11-13H,1-2H3,(H,18,21)(H,19,22)/t11-,12-/m0/s1. The first-order valence-electron chi connectivity index (χ1n) is 7.32. The van der Waals surface area contributed by atoms with Crippen LogP contribution in [0.1, 0.15) is 25.3 Å². The molecule has 2 aliphatic heterocycles. The molecular weight excluding hydrogens is 314 g/mol. The normalized spacial score (nSPS) is 23.0. The van der Waals surface area contributed by atoms with Gasteiger partial charge in [-0.15, -0.1) is 0 Å². The SMILES string of the molecule is CC1=NNC(=O)[C@@H]1C(c1cccc([N+](=O)[O-])c1)[C@H]1C(=O)NN=C1C. The van der Waals surface area contributed by atoms with Crippen LogP contribution in [0.5, 0.6) is 0 Å². The van der Waals surface area contributed by atoms with Gasteiger partial charge in [-0.05, 0) is 19.4 Å². The molecule has 0 saturated heterocycles. The van der Waals surface area contributed by atoms with Crippen LogP contribution in [-0.4, -0.2) is 28.2 Å². The summed E-state index contributed by atoms with van der Waals surface area (Å²) in [5.41, 5.74) is 6.30. The summed E-state index contributed by atoms with van der Waals surface area (Å²) in [6, 6.07) is 5.98. The van der Waals surface area contributed by atoms with Gasteiger partial charge in [-0.3, -0.25) is 19.7 Å². The van der Waals surface area contributed by atoms with Gasteiger partial charge in [-0.2, -0.15) is 10.2 Å². The Balaban J connectivity index is 2.12. The van der Waals surface area contributed by atoms with E-state index in [-0.39, 0.29) is 17.5 Å². The van der Waals surface area contributed by atoms with E-state index < -0.39 is 22.7 Å². The summed E-state index contributed by atoms with van der Waals surface area (Å²) in [6.45, 7) is 3.37. The van der Waals surface area contributed by atoms with E-state index in [1.54, 1.807) is 26.0 Å². The summed E-state index contributed by atoms with van der Waals surface area (Å²) in [5, 5.41) is 18.9. The van der Waals surface area contributed by atoms with E-state index in [4.69, 9.17) is 0 Å². The molecule has 2 amide bonds. The zero-order chi connectivity index (χ0) is 17.4. The molecule has 0 fully saturated rings. The third-order valence-corrected chi connectivity index (χ3v) is 4.33. The van der Waals surface area contributed by atoms with Crippen molar-refractivity contribution in [1.29, 1.82) is 0 Å². The Morgan fingerprint density at radius 3 is 2.04 bits per heavy atom. The topological polar surface area (TPSA) is 126 Å². The van der Waals surface area contributed by atoms with Gasteiger partial charge in [-0.25, -0.2) is 10.9 Å². The number of benzene rings is 1. The number of hydrazone groups is 2. The number of carbonyl (C=O) groups is 2. The van der Waals surface area contributed by atoms with Crippen LogP contribution in [-0.2, 0) is 9.59 Å². The van der Waals surface area contributed by atoms with E-state index in [0.717, 1.165) is 0 Å². The molecule has 0 aliphatic carbocycles. The van der Waals surface area contributed by atoms with Crippen molar-refractivity contribution < 1.29 is 14.5 Å². The molecule has 124 valence electrons. The highest BCUT2D eigenvalue weighted by atomic mass is 16.6. The zero-order valence-electron chi connectivity index (χ0n) is 13.0. The molecule has 2 heterocycles. The fraction of sp³-hybridized carbons (Fsp3) is 0.333. The summed E-state index contributed by atoms with van der Waals surface area (Å²) in [6.07, 6.45) is 0. The number of non-ortho nitro benzene ring substituents is 1. The van der Waals surface area contributed by atoms with E-state index >= 15 is 0 Å². The van der Waals surface area contributed by atoms with Gasteiger partial charge in [0.25, 0.3) is 5.69 Å². The number of hydrogen-bond donors (Lipinski definition) is 2. The number of rotatable bonds is 4. The molecule has 0 aromatic heterocycles. The van der Waals surface area contributed by atoms with Crippen LogP contribution in [0.4, 0.5) is 5.69 Å². The third kappa shape index (κ3) is 2.53. The highest BCUT2D eigenvalue weighted by Gasteiger charge is 2.46. The van der Waals surface area contributed by atoms with Crippen LogP contribution in [0.25, 0.3) is 0 Å². The van der Waals surface area contributed by atoms with Crippen molar-refractivity contribution in [3.8, 4) is 0 Å². The summed E-state index contributed by atoms with van der Waals surface area (Å²) >= 11 is 0. The second kappa shape index (κ2) is 5.84. The molecule has 0 bridgehead atoms. The van der Waals surface area contributed by atoms with Crippen LogP contribution in [0, 0.1) is 22.0 Å². The number of carbonyl (C=O) groups excluding carboxylic acids is 2. The molecule has 9 nitrogen and oxygen atoms in total. The maximum Gasteiger partial charge on any atom is 0.269 e. The molecule has 2 N–H and O–H groups in total. The number of nitro groups is 1. The van der Waals surface area contributed by atoms with Crippen LogP contribution < -0.4 is 10.9 Å². The Morgan fingerprint density at radius 2 is 1.62 bits per heavy atom. The van der Waals surface area contributed by atoms with Gasteiger partial charge in [-0.1, -0.05) is 12.1 Å². The molecule has 0 unspecified atom stereocenters. The van der Waals surface area contributed by atoms with Crippen LogP contribution in [0.3, 0.4) is 0 Å². The Bertz CT molecular complexity index is 763. The Hall–Kier alpha value is -3.10. The Kier molecular flexibility index (Phi) is 3.84. The van der Waals surface area contributed by atoms with Gasteiger partial charge in [0.15, 0.2) is 0 Å². The van der Waals surface area contributed by atoms with Crippen LogP contribution >= 0.6 is 0 Å². The lowest BCUT2D eigenvalue weighted by Crippen LogP contribution is -2.38. The van der Waals surface area contributed by atoms with Gasteiger partial charge in [0.05, 0.1) is 16.8 Å². The van der Waals surface area contributed by atoms with E-state index in [9.17, 15) is 19.7 Å². The van der Waals surface area contributed by atoms with Gasteiger partial charge in [0, 0.05) is 29.5 Å². The maximum atomic E-state index is 12.3. The molecule has 2 atom stereocenters. The van der Waals surface area contributed by atoms with Crippen molar-refractivity contribution in [3.63, 3.8) is 0 Å². The average molecular weight is 329 g/mol. The number of hydrogen-bond acceptors (Lipinski definition) is 6. The monoisotopic (exact) mass is 329 g/mol. The number of amides is 2. The largest absolute Gasteiger partial charge is 0.272 e. The quantitative estimate of drug-likeness (QED) is 0.629. The van der Waals surface area contributed by atoms with Gasteiger partial charge in [0.1, 0.15) is 0 Å². The van der Waals surface area contributed by atoms with Crippen molar-refractivity contribution in [1.82, 2.24) is 10.9 Å².